The lowest BCUT2D eigenvalue weighted by molar-refractivity contribution is -0.137. The largest absolute Gasteiger partial charge is 0.480 e. The van der Waals surface area contributed by atoms with Gasteiger partial charge in [-0.25, -0.2) is 4.79 Å². The van der Waals surface area contributed by atoms with Crippen LogP contribution in [0.4, 0.5) is 5.69 Å². The molecule has 2 atom stereocenters. The Labute approximate surface area is 104 Å². The summed E-state index contributed by atoms with van der Waals surface area (Å²) in [6.07, 6.45) is 0.366. The van der Waals surface area contributed by atoms with Crippen LogP contribution in [-0.4, -0.2) is 32.8 Å². The summed E-state index contributed by atoms with van der Waals surface area (Å²) in [5.74, 6) is 0.0623. The molecule has 0 heterocycles. The van der Waals surface area contributed by atoms with Gasteiger partial charge in [-0.05, 0) is 18.6 Å². The standard InChI is InChI=1S/C12H17NO3S/c1-2-17(16)9-8-11(12(14)15)13-10-6-4-3-5-7-10/h3-7,11,13H,2,8-9H2,1H3,(H,14,15). The summed E-state index contributed by atoms with van der Waals surface area (Å²) in [5, 5.41) is 12.0. The highest BCUT2D eigenvalue weighted by atomic mass is 32.2. The summed E-state index contributed by atoms with van der Waals surface area (Å²) in [5.41, 5.74) is 0.766. The zero-order valence-corrected chi connectivity index (χ0v) is 10.6. The van der Waals surface area contributed by atoms with Gasteiger partial charge in [-0.3, -0.25) is 4.21 Å². The molecule has 0 aliphatic carbocycles. The zero-order valence-electron chi connectivity index (χ0n) is 9.76. The van der Waals surface area contributed by atoms with E-state index in [1.165, 1.54) is 0 Å². The summed E-state index contributed by atoms with van der Waals surface area (Å²) in [7, 11) is -0.925. The van der Waals surface area contributed by atoms with E-state index in [0.717, 1.165) is 5.69 Å². The lowest BCUT2D eigenvalue weighted by Gasteiger charge is -2.15. The van der Waals surface area contributed by atoms with Crippen LogP contribution in [0.25, 0.3) is 0 Å². The Morgan fingerprint density at radius 1 is 1.41 bits per heavy atom. The normalized spacial score (nSPS) is 13.9. The quantitative estimate of drug-likeness (QED) is 0.778. The van der Waals surface area contributed by atoms with E-state index in [1.807, 2.05) is 37.3 Å². The van der Waals surface area contributed by atoms with Crippen molar-refractivity contribution in [3.63, 3.8) is 0 Å². The molecule has 0 radical (unpaired) electrons. The van der Waals surface area contributed by atoms with Crippen molar-refractivity contribution in [1.82, 2.24) is 0 Å². The third-order valence-corrected chi connectivity index (χ3v) is 3.70. The first kappa shape index (κ1) is 13.7. The van der Waals surface area contributed by atoms with Crippen molar-refractivity contribution in [1.29, 1.82) is 0 Å². The van der Waals surface area contributed by atoms with Crippen LogP contribution >= 0.6 is 0 Å². The Kier molecular flexibility index (Phi) is 5.69. The van der Waals surface area contributed by atoms with Crippen LogP contribution in [0.1, 0.15) is 13.3 Å². The molecule has 0 fully saturated rings. The molecule has 1 rings (SSSR count). The number of hydrogen-bond acceptors (Lipinski definition) is 3. The molecule has 0 saturated carbocycles. The van der Waals surface area contributed by atoms with Crippen LogP contribution in [0, 0.1) is 0 Å². The number of aliphatic carboxylic acids is 1. The lowest BCUT2D eigenvalue weighted by Crippen LogP contribution is -2.30. The number of carboxylic acids is 1. The van der Waals surface area contributed by atoms with Gasteiger partial charge in [0.25, 0.3) is 0 Å². The van der Waals surface area contributed by atoms with Crippen molar-refractivity contribution in [3.8, 4) is 0 Å². The van der Waals surface area contributed by atoms with E-state index >= 15 is 0 Å². The van der Waals surface area contributed by atoms with Gasteiger partial charge in [-0.15, -0.1) is 0 Å². The van der Waals surface area contributed by atoms with Crippen LogP contribution < -0.4 is 5.32 Å². The Morgan fingerprint density at radius 2 is 2.06 bits per heavy atom. The van der Waals surface area contributed by atoms with Gasteiger partial charge >= 0.3 is 5.97 Å². The van der Waals surface area contributed by atoms with Gasteiger partial charge in [0.1, 0.15) is 6.04 Å². The number of rotatable bonds is 7. The van der Waals surface area contributed by atoms with Gasteiger partial charge in [-0.2, -0.15) is 0 Å². The molecule has 17 heavy (non-hydrogen) atoms. The fourth-order valence-corrected chi connectivity index (χ4v) is 2.17. The lowest BCUT2D eigenvalue weighted by atomic mass is 10.2. The van der Waals surface area contributed by atoms with Gasteiger partial charge in [0.2, 0.25) is 0 Å². The number of anilines is 1. The highest BCUT2D eigenvalue weighted by Gasteiger charge is 2.17. The zero-order chi connectivity index (χ0) is 12.7. The smallest absolute Gasteiger partial charge is 0.326 e. The number of benzene rings is 1. The first-order valence-electron chi connectivity index (χ1n) is 5.53. The Bertz CT molecular complexity index is 381. The summed E-state index contributed by atoms with van der Waals surface area (Å²) in [4.78, 5) is 11.0. The van der Waals surface area contributed by atoms with Gasteiger partial charge in [0.05, 0.1) is 0 Å². The van der Waals surface area contributed by atoms with E-state index in [2.05, 4.69) is 5.32 Å². The van der Waals surface area contributed by atoms with Crippen molar-refractivity contribution in [3.05, 3.63) is 30.3 Å². The molecule has 0 bridgehead atoms. The number of para-hydroxylation sites is 1. The molecule has 0 amide bonds. The van der Waals surface area contributed by atoms with E-state index < -0.39 is 22.8 Å². The number of nitrogens with one attached hydrogen (secondary N) is 1. The molecule has 0 aromatic heterocycles. The average Bonchev–Trinajstić information content (AvgIpc) is 2.34. The summed E-state index contributed by atoms with van der Waals surface area (Å²) in [6.45, 7) is 1.83. The fourth-order valence-electron chi connectivity index (χ4n) is 1.39. The number of hydrogen-bond donors (Lipinski definition) is 2. The Balaban J connectivity index is 2.55. The second-order valence-electron chi connectivity index (χ2n) is 3.62. The maximum Gasteiger partial charge on any atom is 0.326 e. The molecule has 2 unspecified atom stereocenters. The molecule has 0 spiro atoms. The fraction of sp³-hybridized carbons (Fsp3) is 0.417. The topological polar surface area (TPSA) is 66.4 Å². The molecule has 1 aromatic rings. The van der Waals surface area contributed by atoms with Crippen molar-refractivity contribution in [2.24, 2.45) is 0 Å². The molecule has 2 N–H and O–H groups in total. The van der Waals surface area contributed by atoms with Crippen LogP contribution in [0.2, 0.25) is 0 Å². The molecule has 0 saturated heterocycles. The van der Waals surface area contributed by atoms with Crippen molar-refractivity contribution < 1.29 is 14.1 Å². The second-order valence-corrected chi connectivity index (χ2v) is 5.49. The SMILES string of the molecule is CCS(=O)CCC(Nc1ccccc1)C(=O)O. The molecule has 4 nitrogen and oxygen atoms in total. The van der Waals surface area contributed by atoms with Crippen molar-refractivity contribution in [2.75, 3.05) is 16.8 Å². The highest BCUT2D eigenvalue weighted by molar-refractivity contribution is 7.84. The maximum absolute atomic E-state index is 11.3. The van der Waals surface area contributed by atoms with Crippen LogP contribution in [0.5, 0.6) is 0 Å². The van der Waals surface area contributed by atoms with Crippen LogP contribution in [0.3, 0.4) is 0 Å². The molecule has 5 heteroatoms. The van der Waals surface area contributed by atoms with Gasteiger partial charge in [0, 0.05) is 28.0 Å². The highest BCUT2D eigenvalue weighted by Crippen LogP contribution is 2.09. The van der Waals surface area contributed by atoms with Gasteiger partial charge in [0.15, 0.2) is 0 Å². The van der Waals surface area contributed by atoms with Crippen molar-refractivity contribution >= 4 is 22.5 Å². The minimum absolute atomic E-state index is 0.366. The van der Waals surface area contributed by atoms with E-state index in [-0.39, 0.29) is 0 Å². The van der Waals surface area contributed by atoms with Gasteiger partial charge < -0.3 is 10.4 Å². The van der Waals surface area contributed by atoms with Crippen LogP contribution in [-0.2, 0) is 15.6 Å². The average molecular weight is 255 g/mol. The third kappa shape index (κ3) is 4.99. The summed E-state index contributed by atoms with van der Waals surface area (Å²) in [6, 6.07) is 8.48. The first-order valence-corrected chi connectivity index (χ1v) is 7.01. The summed E-state index contributed by atoms with van der Waals surface area (Å²) >= 11 is 0. The van der Waals surface area contributed by atoms with E-state index in [1.54, 1.807) is 0 Å². The van der Waals surface area contributed by atoms with E-state index in [9.17, 15) is 9.00 Å². The van der Waals surface area contributed by atoms with E-state index in [4.69, 9.17) is 5.11 Å². The number of carbonyl (C=O) groups is 1. The summed E-state index contributed by atoms with van der Waals surface area (Å²) < 4.78 is 11.3. The molecule has 0 aliphatic rings. The predicted octanol–water partition coefficient (Wildman–Crippen LogP) is 1.71. The minimum atomic E-state index is -0.925. The first-order chi connectivity index (χ1) is 8.13. The van der Waals surface area contributed by atoms with Crippen molar-refractivity contribution in [2.45, 2.75) is 19.4 Å². The third-order valence-electron chi connectivity index (χ3n) is 2.37. The Morgan fingerprint density at radius 3 is 2.59 bits per heavy atom. The maximum atomic E-state index is 11.3. The second kappa shape index (κ2) is 7.06. The minimum Gasteiger partial charge on any atom is -0.480 e. The molecular formula is C12H17NO3S. The Hall–Kier alpha value is -1.36. The molecule has 94 valence electrons. The molecule has 0 aliphatic heterocycles. The predicted molar refractivity (Wildman–Crippen MR) is 69.7 cm³/mol. The number of carboxylic acid groups (broad SMARTS) is 1. The monoisotopic (exact) mass is 255 g/mol. The molecule has 1 aromatic carbocycles. The van der Waals surface area contributed by atoms with Crippen LogP contribution in [0.15, 0.2) is 30.3 Å². The molecular weight excluding hydrogens is 238 g/mol. The van der Waals surface area contributed by atoms with E-state index in [0.29, 0.717) is 17.9 Å². The van der Waals surface area contributed by atoms with Gasteiger partial charge in [-0.1, -0.05) is 25.1 Å².